The highest BCUT2D eigenvalue weighted by Crippen LogP contribution is 2.16. The molecule has 2 amide bonds. The number of unbranched alkanes of at least 4 members (excludes halogenated alkanes) is 2. The Morgan fingerprint density at radius 3 is 2.67 bits per heavy atom. The van der Waals surface area contributed by atoms with Gasteiger partial charge in [-0.25, -0.2) is 18.4 Å². The Hall–Kier alpha value is -1.60. The molecule has 4 N–H and O–H groups in total. The van der Waals surface area contributed by atoms with Crippen molar-refractivity contribution in [2.75, 3.05) is 6.54 Å². The van der Waals surface area contributed by atoms with Crippen LogP contribution in [0.1, 0.15) is 44.7 Å². The molecule has 0 saturated heterocycles. The van der Waals surface area contributed by atoms with Crippen molar-refractivity contribution in [2.24, 2.45) is 5.14 Å². The van der Waals surface area contributed by atoms with Gasteiger partial charge >= 0.3 is 6.03 Å². The number of nitrogens with one attached hydrogen (secondary N) is 2. The van der Waals surface area contributed by atoms with Crippen molar-refractivity contribution >= 4 is 16.1 Å². The second kappa shape index (κ2) is 7.99. The smallest absolute Gasteiger partial charge is 0.315 e. The molecule has 0 bridgehead atoms. The number of amides is 2. The van der Waals surface area contributed by atoms with Gasteiger partial charge in [-0.05, 0) is 31.0 Å². The van der Waals surface area contributed by atoms with Crippen molar-refractivity contribution in [1.29, 1.82) is 0 Å². The molecule has 21 heavy (non-hydrogen) atoms. The number of hydrogen-bond donors (Lipinski definition) is 3. The molecule has 1 aromatic carbocycles. The van der Waals surface area contributed by atoms with Crippen LogP contribution in [-0.2, 0) is 10.0 Å². The first-order valence-electron chi connectivity index (χ1n) is 7.01. The molecule has 0 aromatic heterocycles. The standard InChI is InChI=1S/C14H23N3O3S/c1-3-4-5-9-16-14(18)17-11(2)12-7-6-8-13(10-12)21(15,19)20/h6-8,10-11H,3-5,9H2,1-2H3,(H2,15,19,20)(H2,16,17,18). The van der Waals surface area contributed by atoms with Crippen LogP contribution in [0.15, 0.2) is 29.2 Å². The molecule has 1 unspecified atom stereocenters. The van der Waals surface area contributed by atoms with Crippen LogP contribution in [0.25, 0.3) is 0 Å². The molecule has 0 radical (unpaired) electrons. The van der Waals surface area contributed by atoms with Crippen molar-refractivity contribution in [3.8, 4) is 0 Å². The van der Waals surface area contributed by atoms with Crippen LogP contribution in [0.4, 0.5) is 4.79 Å². The average Bonchev–Trinajstić information content (AvgIpc) is 2.43. The Morgan fingerprint density at radius 2 is 2.05 bits per heavy atom. The molecule has 118 valence electrons. The molecular formula is C14H23N3O3S. The van der Waals surface area contributed by atoms with Gasteiger partial charge in [-0.1, -0.05) is 31.9 Å². The summed E-state index contributed by atoms with van der Waals surface area (Å²) in [6, 6.07) is 5.68. The van der Waals surface area contributed by atoms with E-state index in [0.29, 0.717) is 12.1 Å². The highest BCUT2D eigenvalue weighted by atomic mass is 32.2. The Kier molecular flexibility index (Phi) is 6.64. The Bertz CT molecular complexity index is 573. The van der Waals surface area contributed by atoms with E-state index in [1.165, 1.54) is 12.1 Å². The number of carbonyl (C=O) groups excluding carboxylic acids is 1. The van der Waals surface area contributed by atoms with Crippen molar-refractivity contribution in [2.45, 2.75) is 44.0 Å². The molecule has 0 fully saturated rings. The Balaban J connectivity index is 2.59. The third-order valence-corrected chi connectivity index (χ3v) is 4.01. The Morgan fingerprint density at radius 1 is 1.33 bits per heavy atom. The Labute approximate surface area is 126 Å². The number of nitrogens with two attached hydrogens (primary N) is 1. The van der Waals surface area contributed by atoms with Gasteiger partial charge in [0.05, 0.1) is 10.9 Å². The first kappa shape index (κ1) is 17.5. The predicted octanol–water partition coefficient (Wildman–Crippen LogP) is 1.88. The van der Waals surface area contributed by atoms with Crippen LogP contribution in [0.3, 0.4) is 0 Å². The molecule has 0 heterocycles. The molecule has 0 saturated carbocycles. The third kappa shape index (κ3) is 6.14. The van der Waals surface area contributed by atoms with Crippen LogP contribution >= 0.6 is 0 Å². The van der Waals surface area contributed by atoms with Crippen LogP contribution in [0.2, 0.25) is 0 Å². The summed E-state index contributed by atoms with van der Waals surface area (Å²) in [6.07, 6.45) is 3.12. The molecule has 1 rings (SSSR count). The maximum absolute atomic E-state index is 11.7. The maximum Gasteiger partial charge on any atom is 0.315 e. The number of urea groups is 1. The minimum Gasteiger partial charge on any atom is -0.338 e. The highest BCUT2D eigenvalue weighted by Gasteiger charge is 2.13. The largest absolute Gasteiger partial charge is 0.338 e. The summed E-state index contributed by atoms with van der Waals surface area (Å²) < 4.78 is 22.6. The zero-order valence-electron chi connectivity index (χ0n) is 12.4. The monoisotopic (exact) mass is 313 g/mol. The number of benzene rings is 1. The number of sulfonamides is 1. The fraction of sp³-hybridized carbons (Fsp3) is 0.500. The first-order valence-corrected chi connectivity index (χ1v) is 8.56. The molecule has 0 aliphatic heterocycles. The van der Waals surface area contributed by atoms with Crippen molar-refractivity contribution in [3.63, 3.8) is 0 Å². The highest BCUT2D eigenvalue weighted by molar-refractivity contribution is 7.89. The summed E-state index contributed by atoms with van der Waals surface area (Å²) >= 11 is 0. The average molecular weight is 313 g/mol. The number of hydrogen-bond acceptors (Lipinski definition) is 3. The fourth-order valence-electron chi connectivity index (χ4n) is 1.87. The minimum absolute atomic E-state index is 0.0389. The zero-order chi connectivity index (χ0) is 15.9. The predicted molar refractivity (Wildman–Crippen MR) is 82.3 cm³/mol. The van der Waals surface area contributed by atoms with Gasteiger partial charge in [0.25, 0.3) is 0 Å². The lowest BCUT2D eigenvalue weighted by atomic mass is 10.1. The van der Waals surface area contributed by atoms with Gasteiger partial charge in [0.15, 0.2) is 0 Å². The lowest BCUT2D eigenvalue weighted by Gasteiger charge is -2.15. The van der Waals surface area contributed by atoms with E-state index in [1.54, 1.807) is 19.1 Å². The number of carbonyl (C=O) groups is 1. The lowest BCUT2D eigenvalue weighted by molar-refractivity contribution is 0.237. The molecule has 1 aromatic rings. The third-order valence-electron chi connectivity index (χ3n) is 3.10. The molecule has 0 spiro atoms. The summed E-state index contributed by atoms with van der Waals surface area (Å²) in [5.74, 6) is 0. The van der Waals surface area contributed by atoms with Gasteiger partial charge in [0.2, 0.25) is 10.0 Å². The van der Waals surface area contributed by atoms with Gasteiger partial charge in [-0.3, -0.25) is 0 Å². The summed E-state index contributed by atoms with van der Waals surface area (Å²) in [5, 5.41) is 10.6. The van der Waals surface area contributed by atoms with Gasteiger partial charge in [-0.15, -0.1) is 0 Å². The summed E-state index contributed by atoms with van der Waals surface area (Å²) in [7, 11) is -3.74. The lowest BCUT2D eigenvalue weighted by Crippen LogP contribution is -2.37. The fourth-order valence-corrected chi connectivity index (χ4v) is 2.44. The van der Waals surface area contributed by atoms with Crippen LogP contribution < -0.4 is 15.8 Å². The van der Waals surface area contributed by atoms with Crippen LogP contribution in [0.5, 0.6) is 0 Å². The van der Waals surface area contributed by atoms with Crippen molar-refractivity contribution in [1.82, 2.24) is 10.6 Å². The van der Waals surface area contributed by atoms with Crippen LogP contribution in [0, 0.1) is 0 Å². The summed E-state index contributed by atoms with van der Waals surface area (Å²) in [5.41, 5.74) is 0.685. The van der Waals surface area contributed by atoms with E-state index >= 15 is 0 Å². The van der Waals surface area contributed by atoms with Crippen LogP contribution in [-0.4, -0.2) is 21.0 Å². The first-order chi connectivity index (χ1) is 9.84. The molecule has 0 aliphatic carbocycles. The molecular weight excluding hydrogens is 290 g/mol. The van der Waals surface area contributed by atoms with Gasteiger partial charge in [0.1, 0.15) is 0 Å². The second-order valence-electron chi connectivity index (χ2n) is 4.95. The van der Waals surface area contributed by atoms with Gasteiger partial charge in [-0.2, -0.15) is 0 Å². The molecule has 6 nitrogen and oxygen atoms in total. The van der Waals surface area contributed by atoms with Crippen molar-refractivity contribution < 1.29 is 13.2 Å². The maximum atomic E-state index is 11.7. The van der Waals surface area contributed by atoms with E-state index < -0.39 is 10.0 Å². The quantitative estimate of drug-likeness (QED) is 0.670. The van der Waals surface area contributed by atoms with E-state index in [1.807, 2.05) is 0 Å². The van der Waals surface area contributed by atoms with E-state index in [0.717, 1.165) is 19.3 Å². The number of rotatable bonds is 7. The minimum atomic E-state index is -3.74. The van der Waals surface area contributed by atoms with E-state index in [2.05, 4.69) is 17.6 Å². The summed E-state index contributed by atoms with van der Waals surface area (Å²) in [4.78, 5) is 11.7. The molecule has 0 aliphatic rings. The second-order valence-corrected chi connectivity index (χ2v) is 6.51. The molecule has 1 atom stereocenters. The van der Waals surface area contributed by atoms with Crippen molar-refractivity contribution in [3.05, 3.63) is 29.8 Å². The van der Waals surface area contributed by atoms with Gasteiger partial charge < -0.3 is 10.6 Å². The number of primary sulfonamides is 1. The van der Waals surface area contributed by atoms with E-state index in [-0.39, 0.29) is 17.0 Å². The topological polar surface area (TPSA) is 101 Å². The van der Waals surface area contributed by atoms with Gasteiger partial charge in [0, 0.05) is 6.54 Å². The zero-order valence-corrected chi connectivity index (χ0v) is 13.2. The van der Waals surface area contributed by atoms with E-state index in [4.69, 9.17) is 5.14 Å². The molecule has 7 heteroatoms. The summed E-state index contributed by atoms with van der Waals surface area (Å²) in [6.45, 7) is 4.51. The normalized spacial score (nSPS) is 12.7. The SMILES string of the molecule is CCCCCNC(=O)NC(C)c1cccc(S(N)(=O)=O)c1. The van der Waals surface area contributed by atoms with E-state index in [9.17, 15) is 13.2 Å².